The number of phenolic OH excluding ortho intramolecular Hbond substituents is 1. The maximum absolute atomic E-state index is 11.6. The highest BCUT2D eigenvalue weighted by Gasteiger charge is 2.12. The predicted octanol–water partition coefficient (Wildman–Crippen LogP) is 3.08. The third kappa shape index (κ3) is 2.24. The summed E-state index contributed by atoms with van der Waals surface area (Å²) in [7, 11) is 0. The van der Waals surface area contributed by atoms with Crippen LogP contribution in [-0.2, 0) is 4.74 Å². The second-order valence-electron chi connectivity index (χ2n) is 3.84. The average molecular weight is 266 g/mol. The summed E-state index contributed by atoms with van der Waals surface area (Å²) in [6.45, 7) is 3.76. The maximum atomic E-state index is 11.6. The summed E-state index contributed by atoms with van der Waals surface area (Å²) in [4.78, 5) is 15.8. The van der Waals surface area contributed by atoms with Crippen molar-refractivity contribution in [3.8, 4) is 5.75 Å². The van der Waals surface area contributed by atoms with Gasteiger partial charge in [0, 0.05) is 5.39 Å². The Morgan fingerprint density at radius 3 is 2.83 bits per heavy atom. The third-order valence-electron chi connectivity index (χ3n) is 2.54. The molecule has 2 rings (SSSR count). The largest absolute Gasteiger partial charge is 0.506 e. The minimum Gasteiger partial charge on any atom is -0.506 e. The van der Waals surface area contributed by atoms with E-state index < -0.39 is 5.97 Å². The Bertz CT molecular complexity index is 625. The molecule has 0 amide bonds. The van der Waals surface area contributed by atoms with Gasteiger partial charge in [0.1, 0.15) is 11.3 Å². The number of halogens is 1. The van der Waals surface area contributed by atoms with E-state index in [9.17, 15) is 9.90 Å². The second-order valence-corrected chi connectivity index (χ2v) is 4.25. The summed E-state index contributed by atoms with van der Waals surface area (Å²) in [6, 6.07) is 4.62. The number of carbonyl (C=O) groups is 1. The van der Waals surface area contributed by atoms with Crippen molar-refractivity contribution in [1.82, 2.24) is 4.98 Å². The summed E-state index contributed by atoms with van der Waals surface area (Å²) in [6.07, 6.45) is 0. The predicted molar refractivity (Wildman–Crippen MR) is 69.1 cm³/mol. The van der Waals surface area contributed by atoms with E-state index in [-0.39, 0.29) is 17.9 Å². The van der Waals surface area contributed by atoms with Gasteiger partial charge >= 0.3 is 5.97 Å². The number of aromatic hydroxyl groups is 1. The highest BCUT2D eigenvalue weighted by Crippen LogP contribution is 2.28. The molecule has 0 saturated heterocycles. The molecule has 0 atom stereocenters. The Morgan fingerprint density at radius 1 is 1.44 bits per heavy atom. The van der Waals surface area contributed by atoms with E-state index in [2.05, 4.69) is 4.98 Å². The van der Waals surface area contributed by atoms with Crippen LogP contribution in [0, 0.1) is 6.92 Å². The number of aromatic nitrogens is 1. The van der Waals surface area contributed by atoms with Crippen molar-refractivity contribution in [1.29, 1.82) is 0 Å². The van der Waals surface area contributed by atoms with Crippen molar-refractivity contribution in [3.05, 3.63) is 34.5 Å². The van der Waals surface area contributed by atoms with Gasteiger partial charge < -0.3 is 9.84 Å². The van der Waals surface area contributed by atoms with Crippen molar-refractivity contribution in [2.45, 2.75) is 13.8 Å². The van der Waals surface area contributed by atoms with Crippen molar-refractivity contribution in [3.63, 3.8) is 0 Å². The van der Waals surface area contributed by atoms with Crippen LogP contribution >= 0.6 is 11.6 Å². The molecular formula is C13H12ClNO3. The lowest BCUT2D eigenvalue weighted by Gasteiger charge is -2.07. The van der Waals surface area contributed by atoms with Gasteiger partial charge in [0.05, 0.1) is 22.9 Å². The SMILES string of the molecule is CCOC(=O)c1cc(O)c2nc(C)c(Cl)cc2c1. The number of ether oxygens (including phenoxy) is 1. The Labute approximate surface area is 109 Å². The van der Waals surface area contributed by atoms with Crippen LogP contribution in [0.2, 0.25) is 5.02 Å². The number of hydrogen-bond acceptors (Lipinski definition) is 4. The molecular weight excluding hydrogens is 254 g/mol. The molecule has 4 nitrogen and oxygen atoms in total. The van der Waals surface area contributed by atoms with Gasteiger partial charge in [-0.15, -0.1) is 0 Å². The van der Waals surface area contributed by atoms with Gasteiger partial charge in [-0.05, 0) is 32.0 Å². The molecule has 0 radical (unpaired) electrons. The summed E-state index contributed by atoms with van der Waals surface area (Å²) in [5.74, 6) is -0.540. The molecule has 0 aliphatic rings. The number of benzene rings is 1. The zero-order valence-electron chi connectivity index (χ0n) is 10.0. The molecule has 0 aliphatic heterocycles. The van der Waals surface area contributed by atoms with Gasteiger partial charge in [-0.3, -0.25) is 0 Å². The molecule has 2 aromatic rings. The topological polar surface area (TPSA) is 59.4 Å². The minimum atomic E-state index is -0.480. The van der Waals surface area contributed by atoms with E-state index in [0.29, 0.717) is 21.6 Å². The lowest BCUT2D eigenvalue weighted by Crippen LogP contribution is -2.04. The fraction of sp³-hybridized carbons (Fsp3) is 0.231. The molecule has 1 aromatic heterocycles. The fourth-order valence-electron chi connectivity index (χ4n) is 1.67. The van der Waals surface area contributed by atoms with Crippen molar-refractivity contribution < 1.29 is 14.6 Å². The molecule has 1 heterocycles. The van der Waals surface area contributed by atoms with Crippen LogP contribution in [0.15, 0.2) is 18.2 Å². The van der Waals surface area contributed by atoms with Gasteiger partial charge in [0.25, 0.3) is 0 Å². The first-order valence-corrected chi connectivity index (χ1v) is 5.87. The molecule has 0 fully saturated rings. The normalized spacial score (nSPS) is 10.6. The fourth-order valence-corrected chi connectivity index (χ4v) is 1.83. The molecule has 5 heteroatoms. The third-order valence-corrected chi connectivity index (χ3v) is 2.92. The Hall–Kier alpha value is -1.81. The lowest BCUT2D eigenvalue weighted by molar-refractivity contribution is 0.0526. The van der Waals surface area contributed by atoms with Crippen LogP contribution in [0.3, 0.4) is 0 Å². The van der Waals surface area contributed by atoms with E-state index in [1.54, 1.807) is 26.0 Å². The monoisotopic (exact) mass is 265 g/mol. The number of rotatable bonds is 2. The van der Waals surface area contributed by atoms with Gasteiger partial charge in [-0.25, -0.2) is 9.78 Å². The minimum absolute atomic E-state index is 0.0599. The maximum Gasteiger partial charge on any atom is 0.338 e. The first-order chi connectivity index (χ1) is 8.52. The van der Waals surface area contributed by atoms with Gasteiger partial charge in [-0.2, -0.15) is 0 Å². The molecule has 18 heavy (non-hydrogen) atoms. The van der Waals surface area contributed by atoms with Gasteiger partial charge in [-0.1, -0.05) is 11.6 Å². The number of carbonyl (C=O) groups excluding carboxylic acids is 1. The molecule has 94 valence electrons. The molecule has 0 unspecified atom stereocenters. The van der Waals surface area contributed by atoms with E-state index in [4.69, 9.17) is 16.3 Å². The van der Waals surface area contributed by atoms with Crippen LogP contribution in [0.1, 0.15) is 23.0 Å². The first-order valence-electron chi connectivity index (χ1n) is 5.50. The number of esters is 1. The zero-order valence-corrected chi connectivity index (χ0v) is 10.8. The first kappa shape index (κ1) is 12.6. The van der Waals surface area contributed by atoms with Gasteiger partial charge in [0.15, 0.2) is 0 Å². The van der Waals surface area contributed by atoms with Crippen molar-refractivity contribution in [2.75, 3.05) is 6.61 Å². The standard InChI is InChI=1S/C13H12ClNO3/c1-3-18-13(17)9-4-8-5-10(14)7(2)15-12(8)11(16)6-9/h4-6,16H,3H2,1-2H3. The number of aryl methyl sites for hydroxylation is 1. The quantitative estimate of drug-likeness (QED) is 0.848. The van der Waals surface area contributed by atoms with Crippen LogP contribution in [-0.4, -0.2) is 22.7 Å². The molecule has 0 spiro atoms. The van der Waals surface area contributed by atoms with E-state index in [1.165, 1.54) is 6.07 Å². The van der Waals surface area contributed by atoms with E-state index in [0.717, 1.165) is 0 Å². The molecule has 0 saturated carbocycles. The van der Waals surface area contributed by atoms with Crippen LogP contribution in [0.5, 0.6) is 5.75 Å². The Kier molecular flexibility index (Phi) is 3.39. The van der Waals surface area contributed by atoms with Crippen molar-refractivity contribution in [2.24, 2.45) is 0 Å². The van der Waals surface area contributed by atoms with Crippen LogP contribution in [0.4, 0.5) is 0 Å². The summed E-state index contributed by atoms with van der Waals surface area (Å²) < 4.78 is 4.88. The van der Waals surface area contributed by atoms with Crippen LogP contribution in [0.25, 0.3) is 10.9 Å². The molecule has 0 bridgehead atoms. The molecule has 1 N–H and O–H groups in total. The summed E-state index contributed by atoms with van der Waals surface area (Å²) in [5, 5.41) is 11.0. The van der Waals surface area contributed by atoms with E-state index >= 15 is 0 Å². The molecule has 0 aliphatic carbocycles. The number of pyridine rings is 1. The van der Waals surface area contributed by atoms with E-state index in [1.807, 2.05) is 0 Å². The number of fused-ring (bicyclic) bond motifs is 1. The Balaban J connectivity index is 2.61. The highest BCUT2D eigenvalue weighted by atomic mass is 35.5. The van der Waals surface area contributed by atoms with Gasteiger partial charge in [0.2, 0.25) is 0 Å². The Morgan fingerprint density at radius 2 is 2.17 bits per heavy atom. The second kappa shape index (κ2) is 4.82. The number of phenols is 1. The lowest BCUT2D eigenvalue weighted by atomic mass is 10.1. The average Bonchev–Trinajstić information content (AvgIpc) is 2.32. The smallest absolute Gasteiger partial charge is 0.338 e. The van der Waals surface area contributed by atoms with Crippen molar-refractivity contribution >= 4 is 28.5 Å². The summed E-state index contributed by atoms with van der Waals surface area (Å²) in [5.41, 5.74) is 1.33. The number of nitrogens with zero attached hydrogens (tertiary/aromatic N) is 1. The summed E-state index contributed by atoms with van der Waals surface area (Å²) >= 11 is 5.97. The number of hydrogen-bond donors (Lipinski definition) is 1. The van der Waals surface area contributed by atoms with Crippen LogP contribution < -0.4 is 0 Å². The highest BCUT2D eigenvalue weighted by molar-refractivity contribution is 6.31. The zero-order chi connectivity index (χ0) is 13.3. The molecule has 1 aromatic carbocycles.